The Morgan fingerprint density at radius 2 is 1.69 bits per heavy atom. The van der Waals surface area contributed by atoms with Gasteiger partial charge in [0, 0.05) is 7.05 Å². The standard InChI is InChI=1S/C19H17NO5S/c1-20(16-9-7-13-5-3-4-6-14(13)11-16)26(23,24)18-12-15(19(21)22)8-10-17(18)25-2/h3-12H,1-2H3,(H,21,22). The van der Waals surface area contributed by atoms with Crippen LogP contribution in [0.3, 0.4) is 0 Å². The molecule has 0 heterocycles. The molecule has 0 amide bonds. The Kier molecular flexibility index (Phi) is 4.56. The Labute approximate surface area is 151 Å². The molecule has 0 aromatic heterocycles. The number of rotatable bonds is 5. The SMILES string of the molecule is COc1ccc(C(=O)O)cc1S(=O)(=O)N(C)c1ccc2ccccc2c1. The van der Waals surface area contributed by atoms with E-state index in [1.165, 1.54) is 26.3 Å². The van der Waals surface area contributed by atoms with Crippen molar-refractivity contribution in [3.05, 3.63) is 66.2 Å². The van der Waals surface area contributed by atoms with Crippen molar-refractivity contribution in [3.63, 3.8) is 0 Å². The summed E-state index contributed by atoms with van der Waals surface area (Å²) in [5.41, 5.74) is 0.336. The van der Waals surface area contributed by atoms with Gasteiger partial charge in [0.25, 0.3) is 10.0 Å². The molecule has 0 aliphatic heterocycles. The molecule has 0 aliphatic rings. The molecule has 6 nitrogen and oxygen atoms in total. The van der Waals surface area contributed by atoms with Crippen LogP contribution in [-0.4, -0.2) is 33.7 Å². The lowest BCUT2D eigenvalue weighted by Gasteiger charge is -2.21. The van der Waals surface area contributed by atoms with Crippen LogP contribution in [0.25, 0.3) is 10.8 Å². The second-order valence-electron chi connectivity index (χ2n) is 5.67. The molecule has 0 atom stereocenters. The average molecular weight is 371 g/mol. The van der Waals surface area contributed by atoms with E-state index in [4.69, 9.17) is 9.84 Å². The highest BCUT2D eigenvalue weighted by Gasteiger charge is 2.26. The molecule has 0 saturated carbocycles. The molecule has 0 radical (unpaired) electrons. The van der Waals surface area contributed by atoms with Crippen LogP contribution in [0, 0.1) is 0 Å². The van der Waals surface area contributed by atoms with E-state index in [2.05, 4.69) is 0 Å². The van der Waals surface area contributed by atoms with E-state index in [0.717, 1.165) is 21.1 Å². The number of aromatic carboxylic acids is 1. The zero-order valence-electron chi connectivity index (χ0n) is 14.2. The Morgan fingerprint density at radius 1 is 1.00 bits per heavy atom. The van der Waals surface area contributed by atoms with Crippen molar-refractivity contribution in [1.82, 2.24) is 0 Å². The molecule has 7 heteroatoms. The van der Waals surface area contributed by atoms with Crippen LogP contribution >= 0.6 is 0 Å². The molecule has 0 unspecified atom stereocenters. The second kappa shape index (κ2) is 6.68. The number of carboxylic acid groups (broad SMARTS) is 1. The number of benzene rings is 3. The van der Waals surface area contributed by atoms with Gasteiger partial charge in [-0.05, 0) is 41.1 Å². The number of anilines is 1. The van der Waals surface area contributed by atoms with Crippen molar-refractivity contribution in [2.24, 2.45) is 0 Å². The summed E-state index contributed by atoms with van der Waals surface area (Å²) in [5.74, 6) is -1.12. The summed E-state index contributed by atoms with van der Waals surface area (Å²) in [4.78, 5) is 11.0. The second-order valence-corrected chi connectivity index (χ2v) is 7.61. The molecule has 0 saturated heterocycles. The maximum absolute atomic E-state index is 13.1. The third-order valence-electron chi connectivity index (χ3n) is 4.15. The molecule has 0 fully saturated rings. The van der Waals surface area contributed by atoms with Gasteiger partial charge in [-0.15, -0.1) is 0 Å². The number of sulfonamides is 1. The Balaban J connectivity index is 2.11. The van der Waals surface area contributed by atoms with Crippen molar-refractivity contribution in [3.8, 4) is 5.75 Å². The molecule has 3 aromatic rings. The van der Waals surface area contributed by atoms with E-state index < -0.39 is 16.0 Å². The largest absolute Gasteiger partial charge is 0.495 e. The predicted molar refractivity (Wildman–Crippen MR) is 99.5 cm³/mol. The summed E-state index contributed by atoms with van der Waals surface area (Å²) in [7, 11) is -1.25. The number of ether oxygens (including phenoxy) is 1. The Bertz CT molecular complexity index is 1090. The molecule has 0 spiro atoms. The van der Waals surface area contributed by atoms with Crippen molar-refractivity contribution >= 4 is 32.5 Å². The van der Waals surface area contributed by atoms with Gasteiger partial charge >= 0.3 is 5.97 Å². The van der Waals surface area contributed by atoms with Crippen LogP contribution in [0.15, 0.2) is 65.6 Å². The predicted octanol–water partition coefficient (Wildman–Crippen LogP) is 3.37. The van der Waals surface area contributed by atoms with Crippen LogP contribution < -0.4 is 9.04 Å². The van der Waals surface area contributed by atoms with Gasteiger partial charge < -0.3 is 9.84 Å². The third kappa shape index (κ3) is 3.09. The van der Waals surface area contributed by atoms with Crippen LogP contribution in [0.1, 0.15) is 10.4 Å². The van der Waals surface area contributed by atoms with Crippen molar-refractivity contribution in [2.75, 3.05) is 18.5 Å². The van der Waals surface area contributed by atoms with E-state index in [-0.39, 0.29) is 16.2 Å². The Hall–Kier alpha value is -3.06. The minimum Gasteiger partial charge on any atom is -0.495 e. The number of nitrogens with zero attached hydrogens (tertiary/aromatic N) is 1. The van der Waals surface area contributed by atoms with Gasteiger partial charge in [-0.1, -0.05) is 30.3 Å². The maximum atomic E-state index is 13.1. The smallest absolute Gasteiger partial charge is 0.335 e. The lowest BCUT2D eigenvalue weighted by Crippen LogP contribution is -2.27. The molecule has 3 rings (SSSR count). The van der Waals surface area contributed by atoms with Crippen LogP contribution in [-0.2, 0) is 10.0 Å². The molecular weight excluding hydrogens is 354 g/mol. The van der Waals surface area contributed by atoms with Gasteiger partial charge in [-0.2, -0.15) is 0 Å². The molecule has 0 aliphatic carbocycles. The zero-order chi connectivity index (χ0) is 18.9. The van der Waals surface area contributed by atoms with Gasteiger partial charge in [0.2, 0.25) is 0 Å². The monoisotopic (exact) mass is 371 g/mol. The van der Waals surface area contributed by atoms with Crippen LogP contribution in [0.5, 0.6) is 5.75 Å². The van der Waals surface area contributed by atoms with Crippen molar-refractivity contribution in [2.45, 2.75) is 4.90 Å². The lowest BCUT2D eigenvalue weighted by molar-refractivity contribution is 0.0696. The number of carboxylic acids is 1. The zero-order valence-corrected chi connectivity index (χ0v) is 15.0. The molecule has 0 bridgehead atoms. The summed E-state index contributed by atoms with van der Waals surface area (Å²) in [6.07, 6.45) is 0. The summed E-state index contributed by atoms with van der Waals surface area (Å²) in [6.45, 7) is 0. The first-order valence-corrected chi connectivity index (χ1v) is 9.17. The number of fused-ring (bicyclic) bond motifs is 1. The number of methoxy groups -OCH3 is 1. The van der Waals surface area contributed by atoms with Gasteiger partial charge in [-0.3, -0.25) is 4.31 Å². The van der Waals surface area contributed by atoms with Crippen LogP contribution in [0.4, 0.5) is 5.69 Å². The molecular formula is C19H17NO5S. The number of carbonyl (C=O) groups is 1. The average Bonchev–Trinajstić information content (AvgIpc) is 2.66. The first-order valence-electron chi connectivity index (χ1n) is 7.73. The normalized spacial score (nSPS) is 11.3. The summed E-state index contributed by atoms with van der Waals surface area (Å²) < 4.78 is 32.4. The maximum Gasteiger partial charge on any atom is 0.335 e. The fraction of sp³-hybridized carbons (Fsp3) is 0.105. The van der Waals surface area contributed by atoms with Gasteiger partial charge in [0.05, 0.1) is 18.4 Å². The fourth-order valence-corrected chi connectivity index (χ4v) is 4.04. The van der Waals surface area contributed by atoms with E-state index >= 15 is 0 Å². The third-order valence-corrected chi connectivity index (χ3v) is 5.95. The summed E-state index contributed by atoms with van der Waals surface area (Å²) in [5, 5.41) is 11.1. The fourth-order valence-electron chi connectivity index (χ4n) is 2.67. The summed E-state index contributed by atoms with van der Waals surface area (Å²) >= 11 is 0. The number of hydrogen-bond donors (Lipinski definition) is 1. The van der Waals surface area contributed by atoms with Crippen molar-refractivity contribution < 1.29 is 23.1 Å². The minimum absolute atomic E-state index is 0.0858. The van der Waals surface area contributed by atoms with Gasteiger partial charge in [0.15, 0.2) is 0 Å². The topological polar surface area (TPSA) is 83.9 Å². The van der Waals surface area contributed by atoms with E-state index in [0.29, 0.717) is 5.69 Å². The lowest BCUT2D eigenvalue weighted by atomic mass is 10.1. The van der Waals surface area contributed by atoms with Crippen LogP contribution in [0.2, 0.25) is 0 Å². The quantitative estimate of drug-likeness (QED) is 0.743. The van der Waals surface area contributed by atoms with E-state index in [1.54, 1.807) is 12.1 Å². The molecule has 3 aromatic carbocycles. The number of hydrogen-bond acceptors (Lipinski definition) is 4. The van der Waals surface area contributed by atoms with E-state index in [1.807, 2.05) is 30.3 Å². The van der Waals surface area contributed by atoms with Gasteiger partial charge in [0.1, 0.15) is 10.6 Å². The summed E-state index contributed by atoms with van der Waals surface area (Å²) in [6, 6.07) is 16.7. The molecule has 134 valence electrons. The highest BCUT2D eigenvalue weighted by molar-refractivity contribution is 7.93. The molecule has 26 heavy (non-hydrogen) atoms. The highest BCUT2D eigenvalue weighted by Crippen LogP contribution is 2.31. The van der Waals surface area contributed by atoms with Gasteiger partial charge in [-0.25, -0.2) is 13.2 Å². The van der Waals surface area contributed by atoms with E-state index in [9.17, 15) is 13.2 Å². The minimum atomic E-state index is -4.01. The van der Waals surface area contributed by atoms with Crippen molar-refractivity contribution in [1.29, 1.82) is 0 Å². The first kappa shape index (κ1) is 17.8. The Morgan fingerprint density at radius 3 is 2.35 bits per heavy atom. The molecule has 1 N–H and O–H groups in total. The highest BCUT2D eigenvalue weighted by atomic mass is 32.2. The first-order chi connectivity index (χ1) is 12.3.